The summed E-state index contributed by atoms with van der Waals surface area (Å²) in [5, 5.41) is 3.94. The van der Waals surface area contributed by atoms with E-state index in [0.29, 0.717) is 24.7 Å². The second kappa shape index (κ2) is 9.12. The first-order valence-electron chi connectivity index (χ1n) is 10.4. The van der Waals surface area contributed by atoms with Crippen LogP contribution in [0.3, 0.4) is 0 Å². The average molecular weight is 422 g/mol. The fraction of sp³-hybridized carbons (Fsp3) is 0.333. The van der Waals surface area contributed by atoms with Crippen molar-refractivity contribution in [1.29, 1.82) is 0 Å². The van der Waals surface area contributed by atoms with Crippen molar-refractivity contribution in [1.82, 2.24) is 10.3 Å². The van der Waals surface area contributed by atoms with Crippen LogP contribution in [0.15, 0.2) is 48.7 Å². The molecule has 0 saturated heterocycles. The molecule has 1 aliphatic heterocycles. The Hall–Kier alpha value is -3.48. The maximum absolute atomic E-state index is 12.5. The molecule has 31 heavy (non-hydrogen) atoms. The van der Waals surface area contributed by atoms with E-state index in [4.69, 9.17) is 14.2 Å². The van der Waals surface area contributed by atoms with Crippen molar-refractivity contribution in [3.8, 4) is 11.5 Å². The average Bonchev–Trinajstić information content (AvgIpc) is 3.18. The van der Waals surface area contributed by atoms with Gasteiger partial charge in [0.05, 0.1) is 12.5 Å². The number of rotatable bonds is 7. The number of fused-ring (bicyclic) bond motifs is 2. The molecule has 1 amide bonds. The minimum Gasteiger partial charge on any atom is -0.486 e. The Kier molecular flexibility index (Phi) is 6.11. The Bertz CT molecular complexity index is 1090. The van der Waals surface area contributed by atoms with Gasteiger partial charge in [-0.15, -0.1) is 0 Å². The van der Waals surface area contributed by atoms with Crippen LogP contribution >= 0.6 is 0 Å². The number of hydrogen-bond acceptors (Lipinski definition) is 5. The zero-order valence-corrected chi connectivity index (χ0v) is 17.6. The first kappa shape index (κ1) is 20.8. The first-order valence-corrected chi connectivity index (χ1v) is 10.4. The monoisotopic (exact) mass is 422 g/mol. The fourth-order valence-electron chi connectivity index (χ4n) is 3.73. The first-order chi connectivity index (χ1) is 15.0. The van der Waals surface area contributed by atoms with Gasteiger partial charge >= 0.3 is 5.97 Å². The normalized spacial score (nSPS) is 13.8. The summed E-state index contributed by atoms with van der Waals surface area (Å²) >= 11 is 0. The van der Waals surface area contributed by atoms with E-state index < -0.39 is 5.97 Å². The number of benzene rings is 2. The van der Waals surface area contributed by atoms with Gasteiger partial charge in [-0.25, -0.2) is 0 Å². The Morgan fingerprint density at radius 2 is 1.87 bits per heavy atom. The lowest BCUT2D eigenvalue weighted by Crippen LogP contribution is -2.35. The van der Waals surface area contributed by atoms with Crippen molar-refractivity contribution in [2.24, 2.45) is 5.92 Å². The Balaban J connectivity index is 1.34. The van der Waals surface area contributed by atoms with Crippen LogP contribution in [-0.4, -0.2) is 36.7 Å². The third-order valence-electron chi connectivity index (χ3n) is 5.28. The molecule has 2 heterocycles. The number of carbonyl (C=O) groups is 2. The van der Waals surface area contributed by atoms with E-state index in [2.05, 4.69) is 10.3 Å². The van der Waals surface area contributed by atoms with Gasteiger partial charge in [0.15, 0.2) is 18.1 Å². The van der Waals surface area contributed by atoms with E-state index in [1.807, 2.05) is 56.3 Å². The number of amides is 1. The van der Waals surface area contributed by atoms with Gasteiger partial charge in [0.25, 0.3) is 5.91 Å². The number of hydrogen-bond donors (Lipinski definition) is 2. The molecular formula is C24H26N2O5. The highest BCUT2D eigenvalue weighted by Gasteiger charge is 2.22. The Labute approximate surface area is 180 Å². The van der Waals surface area contributed by atoms with Gasteiger partial charge in [0.1, 0.15) is 13.2 Å². The lowest BCUT2D eigenvalue weighted by molar-refractivity contribution is -0.148. The molecule has 3 aromatic rings. The molecule has 1 aromatic heterocycles. The standard InChI is InChI=1S/C24H26N2O5/c1-15(2)24(16-7-8-20-21(11-16)30-10-9-29-20)26-22(27)14-31-23(28)12-17-13-25-19-6-4-3-5-18(17)19/h3-8,11,13,15,24-25H,9-10,12,14H2,1-2H3,(H,26,27)/t24-/m1/s1. The smallest absolute Gasteiger partial charge is 0.310 e. The summed E-state index contributed by atoms with van der Waals surface area (Å²) in [6.45, 7) is 4.74. The van der Waals surface area contributed by atoms with Crippen molar-refractivity contribution >= 4 is 22.8 Å². The van der Waals surface area contributed by atoms with Gasteiger partial charge in [-0.1, -0.05) is 38.1 Å². The highest BCUT2D eigenvalue weighted by Crippen LogP contribution is 2.34. The van der Waals surface area contributed by atoms with E-state index in [1.54, 1.807) is 6.20 Å². The molecule has 2 aromatic carbocycles. The number of aromatic nitrogens is 1. The van der Waals surface area contributed by atoms with Crippen LogP contribution in [0.5, 0.6) is 11.5 Å². The molecule has 7 heteroatoms. The molecule has 2 N–H and O–H groups in total. The summed E-state index contributed by atoms with van der Waals surface area (Å²) in [6.07, 6.45) is 1.90. The third-order valence-corrected chi connectivity index (χ3v) is 5.28. The van der Waals surface area contributed by atoms with Crippen molar-refractivity contribution in [2.45, 2.75) is 26.3 Å². The van der Waals surface area contributed by atoms with Crippen LogP contribution < -0.4 is 14.8 Å². The summed E-state index contributed by atoms with van der Waals surface area (Å²) in [7, 11) is 0. The molecular weight excluding hydrogens is 396 g/mol. The van der Waals surface area contributed by atoms with Gasteiger partial charge in [0, 0.05) is 17.1 Å². The molecule has 0 aliphatic carbocycles. The summed E-state index contributed by atoms with van der Waals surface area (Å²) in [5.74, 6) is 0.721. The molecule has 0 bridgehead atoms. The Morgan fingerprint density at radius 1 is 1.10 bits per heavy atom. The molecule has 1 aliphatic rings. The molecule has 7 nitrogen and oxygen atoms in total. The summed E-state index contributed by atoms with van der Waals surface area (Å²) in [4.78, 5) is 27.9. The second-order valence-electron chi connectivity index (χ2n) is 7.89. The van der Waals surface area contributed by atoms with Crippen molar-refractivity contribution in [3.63, 3.8) is 0 Å². The van der Waals surface area contributed by atoms with E-state index in [0.717, 1.165) is 22.0 Å². The molecule has 0 fully saturated rings. The number of H-pyrrole nitrogens is 1. The van der Waals surface area contributed by atoms with Crippen LogP contribution in [0.25, 0.3) is 10.9 Å². The topological polar surface area (TPSA) is 89.7 Å². The van der Waals surface area contributed by atoms with Crippen LogP contribution in [0.1, 0.15) is 31.0 Å². The molecule has 162 valence electrons. The SMILES string of the molecule is CC(C)[C@@H](NC(=O)COC(=O)Cc1c[nH]c2ccccc12)c1ccc2c(c1)OCCO2. The van der Waals surface area contributed by atoms with Gasteiger partial charge < -0.3 is 24.5 Å². The van der Waals surface area contributed by atoms with Gasteiger partial charge in [0.2, 0.25) is 0 Å². The second-order valence-corrected chi connectivity index (χ2v) is 7.89. The molecule has 0 radical (unpaired) electrons. The summed E-state index contributed by atoms with van der Waals surface area (Å²) < 4.78 is 16.4. The van der Waals surface area contributed by atoms with Gasteiger partial charge in [-0.3, -0.25) is 9.59 Å². The van der Waals surface area contributed by atoms with Crippen molar-refractivity contribution < 1.29 is 23.8 Å². The van der Waals surface area contributed by atoms with Crippen molar-refractivity contribution in [3.05, 3.63) is 59.8 Å². The number of carbonyl (C=O) groups excluding carboxylic acids is 2. The van der Waals surface area contributed by atoms with Crippen LogP contribution in [0, 0.1) is 5.92 Å². The zero-order chi connectivity index (χ0) is 21.8. The minimum atomic E-state index is -0.444. The lowest BCUT2D eigenvalue weighted by atomic mass is 9.95. The van der Waals surface area contributed by atoms with Crippen LogP contribution in [0.4, 0.5) is 0 Å². The highest BCUT2D eigenvalue weighted by molar-refractivity contribution is 5.88. The van der Waals surface area contributed by atoms with E-state index in [1.165, 1.54) is 0 Å². The Morgan fingerprint density at radius 3 is 2.68 bits per heavy atom. The van der Waals surface area contributed by atoms with E-state index in [9.17, 15) is 9.59 Å². The predicted molar refractivity (Wildman–Crippen MR) is 116 cm³/mol. The zero-order valence-electron chi connectivity index (χ0n) is 17.6. The molecule has 0 unspecified atom stereocenters. The third kappa shape index (κ3) is 4.82. The van der Waals surface area contributed by atoms with Crippen LogP contribution in [-0.2, 0) is 20.7 Å². The van der Waals surface area contributed by atoms with Gasteiger partial charge in [-0.2, -0.15) is 0 Å². The van der Waals surface area contributed by atoms with Crippen molar-refractivity contribution in [2.75, 3.05) is 19.8 Å². The van der Waals surface area contributed by atoms with Gasteiger partial charge in [-0.05, 0) is 35.2 Å². The maximum atomic E-state index is 12.5. The largest absolute Gasteiger partial charge is 0.486 e. The fourth-order valence-corrected chi connectivity index (χ4v) is 3.73. The molecule has 4 rings (SSSR count). The van der Waals surface area contributed by atoms with E-state index >= 15 is 0 Å². The molecule has 1 atom stereocenters. The number of esters is 1. The maximum Gasteiger partial charge on any atom is 0.310 e. The molecule has 0 saturated carbocycles. The number of ether oxygens (including phenoxy) is 3. The van der Waals surface area contributed by atoms with E-state index in [-0.39, 0.29) is 30.9 Å². The molecule has 0 spiro atoms. The summed E-state index contributed by atoms with van der Waals surface area (Å²) in [6, 6.07) is 13.2. The number of aromatic amines is 1. The lowest BCUT2D eigenvalue weighted by Gasteiger charge is -2.25. The van der Waals surface area contributed by atoms with Crippen LogP contribution in [0.2, 0.25) is 0 Å². The summed E-state index contributed by atoms with van der Waals surface area (Å²) in [5.41, 5.74) is 2.72. The predicted octanol–water partition coefficient (Wildman–Crippen LogP) is 3.54. The minimum absolute atomic E-state index is 0.104. The number of para-hydroxylation sites is 1. The quantitative estimate of drug-likeness (QED) is 0.569. The highest BCUT2D eigenvalue weighted by atomic mass is 16.6. The number of nitrogens with one attached hydrogen (secondary N) is 2.